The first-order valence-electron chi connectivity index (χ1n) is 6.07. The van der Waals surface area contributed by atoms with E-state index in [1.807, 2.05) is 24.3 Å². The molecule has 1 aliphatic rings. The van der Waals surface area contributed by atoms with Crippen LogP contribution in [-0.4, -0.2) is 24.9 Å². The Bertz CT molecular complexity index is 448. The largest absolute Gasteiger partial charge is 0.351 e. The van der Waals surface area contributed by atoms with Gasteiger partial charge in [-0.3, -0.25) is 9.59 Å². The van der Waals surface area contributed by atoms with Crippen molar-refractivity contribution in [2.24, 2.45) is 5.73 Å². The van der Waals surface area contributed by atoms with Gasteiger partial charge in [0.25, 0.3) is 0 Å². The summed E-state index contributed by atoms with van der Waals surface area (Å²) in [5, 5.41) is 2.70. The third kappa shape index (κ3) is 3.94. The first-order chi connectivity index (χ1) is 8.70. The molecule has 1 saturated heterocycles. The summed E-state index contributed by atoms with van der Waals surface area (Å²) in [4.78, 5) is 24.4. The van der Waals surface area contributed by atoms with Gasteiger partial charge in [0, 0.05) is 25.2 Å². The highest BCUT2D eigenvalue weighted by atomic mass is 35.5. The molecule has 0 unspecified atom stereocenters. The molecule has 1 heterocycles. The fraction of sp³-hybridized carbons (Fsp3) is 0.385. The summed E-state index contributed by atoms with van der Waals surface area (Å²) in [6.07, 6.45) is 1.56. The number of hydrogen-bond donors (Lipinski definition) is 2. The van der Waals surface area contributed by atoms with Crippen molar-refractivity contribution in [1.82, 2.24) is 5.32 Å². The van der Waals surface area contributed by atoms with Gasteiger partial charge in [0.2, 0.25) is 11.8 Å². The van der Waals surface area contributed by atoms with E-state index in [0.29, 0.717) is 13.0 Å². The molecule has 1 aromatic carbocycles. The fourth-order valence-corrected chi connectivity index (χ4v) is 1.99. The second-order valence-electron chi connectivity index (χ2n) is 4.30. The van der Waals surface area contributed by atoms with Crippen LogP contribution in [0.3, 0.4) is 0 Å². The van der Waals surface area contributed by atoms with Crippen LogP contribution >= 0.6 is 12.4 Å². The van der Waals surface area contributed by atoms with Crippen molar-refractivity contribution >= 4 is 29.9 Å². The van der Waals surface area contributed by atoms with Crippen LogP contribution in [0, 0.1) is 0 Å². The Kier molecular flexibility index (Phi) is 5.79. The molecule has 0 bridgehead atoms. The highest BCUT2D eigenvalue weighted by molar-refractivity contribution is 5.95. The Hall–Kier alpha value is -1.59. The monoisotopic (exact) mass is 283 g/mol. The summed E-state index contributed by atoms with van der Waals surface area (Å²) in [7, 11) is 0. The summed E-state index contributed by atoms with van der Waals surface area (Å²) < 4.78 is 0. The lowest BCUT2D eigenvalue weighted by atomic mass is 10.2. The van der Waals surface area contributed by atoms with Crippen LogP contribution in [0.1, 0.15) is 18.4 Å². The molecule has 1 aliphatic heterocycles. The molecular formula is C13H18ClN3O2. The van der Waals surface area contributed by atoms with Gasteiger partial charge < -0.3 is 16.0 Å². The number of carbonyl (C=O) groups is 2. The number of halogens is 1. The van der Waals surface area contributed by atoms with Gasteiger partial charge in [-0.15, -0.1) is 12.4 Å². The van der Waals surface area contributed by atoms with Gasteiger partial charge in [0.1, 0.15) is 0 Å². The normalized spacial score (nSPS) is 14.2. The first-order valence-corrected chi connectivity index (χ1v) is 6.07. The van der Waals surface area contributed by atoms with E-state index < -0.39 is 0 Å². The maximum absolute atomic E-state index is 11.6. The summed E-state index contributed by atoms with van der Waals surface area (Å²) >= 11 is 0. The molecule has 6 heteroatoms. The van der Waals surface area contributed by atoms with Crippen molar-refractivity contribution in [1.29, 1.82) is 0 Å². The topological polar surface area (TPSA) is 75.4 Å². The number of rotatable bonds is 4. The van der Waals surface area contributed by atoms with Crippen LogP contribution in [0.4, 0.5) is 5.69 Å². The molecular weight excluding hydrogens is 266 g/mol. The number of nitrogens with one attached hydrogen (secondary N) is 1. The lowest BCUT2D eigenvalue weighted by molar-refractivity contribution is -0.120. The molecule has 2 amide bonds. The van der Waals surface area contributed by atoms with Gasteiger partial charge >= 0.3 is 0 Å². The van der Waals surface area contributed by atoms with Gasteiger partial charge in [0.15, 0.2) is 0 Å². The van der Waals surface area contributed by atoms with E-state index >= 15 is 0 Å². The number of nitrogens with zero attached hydrogens (tertiary/aromatic N) is 1. The third-order valence-corrected chi connectivity index (χ3v) is 3.00. The van der Waals surface area contributed by atoms with E-state index in [2.05, 4.69) is 5.32 Å². The zero-order chi connectivity index (χ0) is 13.0. The van der Waals surface area contributed by atoms with E-state index in [1.165, 1.54) is 0 Å². The van der Waals surface area contributed by atoms with Crippen LogP contribution in [0.2, 0.25) is 0 Å². The van der Waals surface area contributed by atoms with E-state index in [-0.39, 0.29) is 30.8 Å². The molecule has 3 N–H and O–H groups in total. The molecule has 0 aromatic heterocycles. The minimum Gasteiger partial charge on any atom is -0.351 e. The zero-order valence-corrected chi connectivity index (χ0v) is 11.4. The molecule has 19 heavy (non-hydrogen) atoms. The van der Waals surface area contributed by atoms with Gasteiger partial charge in [0.05, 0.1) is 6.54 Å². The molecule has 2 rings (SSSR count). The molecule has 0 atom stereocenters. The van der Waals surface area contributed by atoms with E-state index in [1.54, 1.807) is 4.90 Å². The molecule has 0 spiro atoms. The van der Waals surface area contributed by atoms with Crippen molar-refractivity contribution in [2.75, 3.05) is 18.0 Å². The molecule has 0 radical (unpaired) electrons. The highest BCUT2D eigenvalue weighted by Crippen LogP contribution is 2.21. The summed E-state index contributed by atoms with van der Waals surface area (Å²) in [6.45, 7) is 1.26. The van der Waals surface area contributed by atoms with Crippen molar-refractivity contribution in [3.8, 4) is 0 Å². The average molecular weight is 284 g/mol. The smallest absolute Gasteiger partial charge is 0.234 e. The minimum absolute atomic E-state index is 0. The predicted octanol–water partition coefficient (Wildman–Crippen LogP) is 0.810. The van der Waals surface area contributed by atoms with Gasteiger partial charge in [-0.1, -0.05) is 12.1 Å². The van der Waals surface area contributed by atoms with E-state index in [9.17, 15) is 9.59 Å². The van der Waals surface area contributed by atoms with Crippen molar-refractivity contribution < 1.29 is 9.59 Å². The number of hydrogen-bond acceptors (Lipinski definition) is 3. The predicted molar refractivity (Wildman–Crippen MR) is 76.2 cm³/mol. The highest BCUT2D eigenvalue weighted by Gasteiger charge is 2.21. The van der Waals surface area contributed by atoms with Crippen LogP contribution in [0.15, 0.2) is 24.3 Å². The fourth-order valence-electron chi connectivity index (χ4n) is 1.99. The van der Waals surface area contributed by atoms with Gasteiger partial charge in [-0.2, -0.15) is 0 Å². The van der Waals surface area contributed by atoms with Crippen molar-refractivity contribution in [3.05, 3.63) is 29.8 Å². The minimum atomic E-state index is -0.172. The third-order valence-electron chi connectivity index (χ3n) is 3.00. The average Bonchev–Trinajstić information content (AvgIpc) is 2.83. The summed E-state index contributed by atoms with van der Waals surface area (Å²) in [5.74, 6) is 0.00739. The first kappa shape index (κ1) is 15.5. The number of nitrogens with two attached hydrogens (primary N) is 1. The molecule has 0 aliphatic carbocycles. The number of benzene rings is 1. The summed E-state index contributed by atoms with van der Waals surface area (Å²) in [5.41, 5.74) is 7.12. The van der Waals surface area contributed by atoms with Crippen molar-refractivity contribution in [3.63, 3.8) is 0 Å². The van der Waals surface area contributed by atoms with E-state index in [4.69, 9.17) is 5.73 Å². The number of anilines is 1. The van der Waals surface area contributed by atoms with Crippen LogP contribution in [-0.2, 0) is 16.1 Å². The molecule has 5 nitrogen and oxygen atoms in total. The number of amides is 2. The summed E-state index contributed by atoms with van der Waals surface area (Å²) in [6, 6.07) is 7.65. The van der Waals surface area contributed by atoms with Crippen molar-refractivity contribution in [2.45, 2.75) is 19.4 Å². The number of carbonyl (C=O) groups excluding carboxylic acids is 2. The maximum atomic E-state index is 11.6. The Morgan fingerprint density at radius 1 is 1.32 bits per heavy atom. The van der Waals surface area contributed by atoms with E-state index in [0.717, 1.165) is 24.2 Å². The quantitative estimate of drug-likeness (QED) is 0.859. The lowest BCUT2D eigenvalue weighted by Crippen LogP contribution is -2.29. The Morgan fingerprint density at radius 3 is 2.53 bits per heavy atom. The SMILES string of the molecule is Cl.NCC(=O)NCc1ccc(N2CCCC2=O)cc1. The second-order valence-corrected chi connectivity index (χ2v) is 4.30. The Balaban J connectivity index is 0.00000180. The van der Waals surface area contributed by atoms with Crippen LogP contribution in [0.25, 0.3) is 0 Å². The second kappa shape index (κ2) is 7.11. The Morgan fingerprint density at radius 2 is 2.00 bits per heavy atom. The molecule has 104 valence electrons. The molecule has 0 saturated carbocycles. The van der Waals surface area contributed by atoms with Gasteiger partial charge in [-0.05, 0) is 24.1 Å². The Labute approximate surface area is 118 Å². The molecule has 1 aromatic rings. The van der Waals surface area contributed by atoms with Crippen LogP contribution < -0.4 is 16.0 Å². The maximum Gasteiger partial charge on any atom is 0.234 e. The van der Waals surface area contributed by atoms with Crippen LogP contribution in [0.5, 0.6) is 0 Å². The standard InChI is InChI=1S/C13H17N3O2.ClH/c14-8-12(17)15-9-10-3-5-11(6-4-10)16-7-1-2-13(16)18;/h3-6H,1-2,7-9,14H2,(H,15,17);1H. The lowest BCUT2D eigenvalue weighted by Gasteiger charge is -2.16. The zero-order valence-electron chi connectivity index (χ0n) is 10.6. The molecule has 1 fully saturated rings. The van der Waals surface area contributed by atoms with Gasteiger partial charge in [-0.25, -0.2) is 0 Å².